The Bertz CT molecular complexity index is 1580. The third-order valence-corrected chi connectivity index (χ3v) is 17.6. The molecule has 0 fully saturated rings. The summed E-state index contributed by atoms with van der Waals surface area (Å²) in [7, 11) is 0. The highest BCUT2D eigenvalue weighted by Gasteiger charge is 2.28. The molecule has 4 nitrogen and oxygen atoms in total. The van der Waals surface area contributed by atoms with E-state index in [1.54, 1.807) is 22.7 Å². The molecule has 0 bridgehead atoms. The van der Waals surface area contributed by atoms with Crippen molar-refractivity contribution in [3.05, 3.63) is 20.9 Å². The van der Waals surface area contributed by atoms with Crippen molar-refractivity contribution in [2.75, 3.05) is 13.2 Å². The van der Waals surface area contributed by atoms with Crippen molar-refractivity contribution in [3.8, 4) is 0 Å². The summed E-state index contributed by atoms with van der Waals surface area (Å²) in [6.45, 7) is 9.17. The largest absolute Gasteiger partial charge is 0.462 e. The van der Waals surface area contributed by atoms with Crippen LogP contribution in [-0.4, -0.2) is 25.2 Å². The number of carbonyl (C=O) groups excluding carboxylic acids is 2. The van der Waals surface area contributed by atoms with Gasteiger partial charge >= 0.3 is 11.9 Å². The molecule has 0 aromatic carbocycles. The number of aryl methyl sites for hydroxylation is 2. The van der Waals surface area contributed by atoms with Crippen molar-refractivity contribution in [3.63, 3.8) is 0 Å². The van der Waals surface area contributed by atoms with Crippen molar-refractivity contribution < 1.29 is 19.1 Å². The number of carbonyl (C=O) groups is 2. The molecule has 4 aromatic heterocycles. The van der Waals surface area contributed by atoms with E-state index in [2.05, 4.69) is 13.8 Å². The molecule has 0 unspecified atom stereocenters. The molecule has 0 saturated carbocycles. The van der Waals surface area contributed by atoms with E-state index in [-0.39, 0.29) is 11.9 Å². The molecule has 0 atom stereocenters. The first-order chi connectivity index (χ1) is 28.5. The van der Waals surface area contributed by atoms with Gasteiger partial charge in [-0.2, -0.15) is 0 Å². The lowest BCUT2D eigenvalue weighted by molar-refractivity contribution is 0.0521. The zero-order valence-corrected chi connectivity index (χ0v) is 40.6. The zero-order chi connectivity index (χ0) is 41.2. The smallest absolute Gasteiger partial charge is 0.348 e. The lowest BCUT2D eigenvalue weighted by Gasteiger charge is -2.05. The van der Waals surface area contributed by atoms with Gasteiger partial charge in [0.1, 0.15) is 9.75 Å². The van der Waals surface area contributed by atoms with Gasteiger partial charge in [0, 0.05) is 0 Å². The summed E-state index contributed by atoms with van der Waals surface area (Å²) >= 11 is 6.95. The SMILES string of the molecule is CCCCCCCCCCCCCCCCCc1c(C(=O)OCC)sc2c1sc1c3sc(C(=O)OCC)c(CCCCCCCCCCCCCCCCC)c3sc21. The minimum absolute atomic E-state index is 0.170. The van der Waals surface area contributed by atoms with Gasteiger partial charge in [-0.15, -0.1) is 45.3 Å². The van der Waals surface area contributed by atoms with Crippen LogP contribution >= 0.6 is 45.3 Å². The maximum absolute atomic E-state index is 13.3. The van der Waals surface area contributed by atoms with Gasteiger partial charge < -0.3 is 9.47 Å². The van der Waals surface area contributed by atoms with Crippen LogP contribution in [0.4, 0.5) is 0 Å². The second kappa shape index (κ2) is 29.7. The standard InChI is InChI=1S/C50H80O4S4/c1-5-9-11-13-15-17-19-21-23-25-27-29-31-33-35-37-39-41-45(57-43(39)49(51)53-7-3)47-48(55-41)46-42(56-47)40(44(58-46)50(52)54-8-4)38-36-34-32-30-28-26-24-22-20-18-16-14-12-10-6-2/h5-38H2,1-4H3. The Morgan fingerprint density at radius 3 is 0.828 bits per heavy atom. The van der Waals surface area contributed by atoms with Gasteiger partial charge in [0.2, 0.25) is 0 Å². The molecule has 328 valence electrons. The number of hydrogen-bond donors (Lipinski definition) is 0. The van der Waals surface area contributed by atoms with E-state index in [1.165, 1.54) is 219 Å². The first-order valence-electron chi connectivity index (χ1n) is 24.3. The van der Waals surface area contributed by atoms with Crippen molar-refractivity contribution in [2.24, 2.45) is 0 Å². The molecule has 0 N–H and O–H groups in total. The highest BCUT2D eigenvalue weighted by Crippen LogP contribution is 2.53. The molecule has 4 rings (SSSR count). The molecule has 0 amide bonds. The Labute approximate surface area is 369 Å². The molecule has 0 aliphatic heterocycles. The van der Waals surface area contributed by atoms with E-state index in [4.69, 9.17) is 9.47 Å². The Balaban J connectivity index is 1.29. The molecule has 0 aliphatic carbocycles. The second-order valence-corrected chi connectivity index (χ2v) is 20.9. The highest BCUT2D eigenvalue weighted by molar-refractivity contribution is 7.45. The number of ether oxygens (including phenoxy) is 2. The molecular weight excluding hydrogens is 793 g/mol. The Kier molecular flexibility index (Phi) is 25.2. The van der Waals surface area contributed by atoms with Crippen LogP contribution in [0.15, 0.2) is 0 Å². The molecule has 8 heteroatoms. The fourth-order valence-corrected chi connectivity index (χ4v) is 14.6. The maximum Gasteiger partial charge on any atom is 0.348 e. The number of rotatable bonds is 36. The van der Waals surface area contributed by atoms with E-state index in [1.807, 2.05) is 36.5 Å². The molecule has 4 heterocycles. The Morgan fingerprint density at radius 2 is 0.569 bits per heavy atom. The lowest BCUT2D eigenvalue weighted by Crippen LogP contribution is -2.05. The van der Waals surface area contributed by atoms with E-state index < -0.39 is 0 Å². The summed E-state index contributed by atoms with van der Waals surface area (Å²) in [5.41, 5.74) is 2.38. The number of fused-ring (bicyclic) bond motifs is 5. The van der Waals surface area contributed by atoms with Crippen LogP contribution in [0.1, 0.15) is 251 Å². The van der Waals surface area contributed by atoms with Crippen molar-refractivity contribution >= 4 is 85.5 Å². The highest BCUT2D eigenvalue weighted by atomic mass is 32.1. The predicted octanol–water partition coefficient (Wildman–Crippen LogP) is 18.6. The first kappa shape index (κ1) is 49.2. The summed E-state index contributed by atoms with van der Waals surface area (Å²) in [4.78, 5) is 28.1. The summed E-state index contributed by atoms with van der Waals surface area (Å²) < 4.78 is 18.7. The molecular formula is C50H80O4S4. The number of esters is 2. The molecule has 4 aromatic rings. The third-order valence-electron chi connectivity index (χ3n) is 11.9. The second-order valence-electron chi connectivity index (χ2n) is 16.8. The van der Waals surface area contributed by atoms with Crippen LogP contribution in [0.3, 0.4) is 0 Å². The zero-order valence-electron chi connectivity index (χ0n) is 37.3. The van der Waals surface area contributed by atoms with E-state index >= 15 is 0 Å². The Morgan fingerprint density at radius 1 is 0.328 bits per heavy atom. The minimum atomic E-state index is -0.170. The van der Waals surface area contributed by atoms with Gasteiger partial charge in [0.05, 0.1) is 41.4 Å². The van der Waals surface area contributed by atoms with Gasteiger partial charge in [-0.1, -0.05) is 194 Å². The van der Waals surface area contributed by atoms with Crippen LogP contribution in [-0.2, 0) is 22.3 Å². The fourth-order valence-electron chi connectivity index (χ4n) is 8.53. The quantitative estimate of drug-likeness (QED) is 0.0337. The number of unbranched alkanes of at least 4 members (excludes halogenated alkanes) is 28. The summed E-state index contributed by atoms with van der Waals surface area (Å²) in [5, 5.41) is 0. The summed E-state index contributed by atoms with van der Waals surface area (Å²) in [6, 6.07) is 0. The number of thiophene rings is 4. The van der Waals surface area contributed by atoms with Crippen molar-refractivity contribution in [1.29, 1.82) is 0 Å². The van der Waals surface area contributed by atoms with Gasteiger partial charge in [0.25, 0.3) is 0 Å². The molecule has 0 spiro atoms. The normalized spacial score (nSPS) is 11.9. The van der Waals surface area contributed by atoms with Crippen LogP contribution in [0.5, 0.6) is 0 Å². The van der Waals surface area contributed by atoms with Crippen LogP contribution < -0.4 is 0 Å². The summed E-state index contributed by atoms with van der Waals surface area (Å²) in [5.74, 6) is -0.339. The van der Waals surface area contributed by atoms with Gasteiger partial charge in [-0.25, -0.2) is 9.59 Å². The third kappa shape index (κ3) is 16.1. The van der Waals surface area contributed by atoms with Gasteiger partial charge in [0.15, 0.2) is 0 Å². The average molecular weight is 873 g/mol. The van der Waals surface area contributed by atoms with Gasteiger partial charge in [-0.3, -0.25) is 0 Å². The lowest BCUT2D eigenvalue weighted by atomic mass is 10.0. The van der Waals surface area contributed by atoms with Crippen LogP contribution in [0, 0.1) is 0 Å². The van der Waals surface area contributed by atoms with Crippen molar-refractivity contribution in [1.82, 2.24) is 0 Å². The fraction of sp³-hybridized carbons (Fsp3) is 0.760. The average Bonchev–Trinajstić information content (AvgIpc) is 3.96. The van der Waals surface area contributed by atoms with Crippen LogP contribution in [0.2, 0.25) is 0 Å². The monoisotopic (exact) mass is 872 g/mol. The van der Waals surface area contributed by atoms with E-state index in [0.717, 1.165) is 35.4 Å². The molecule has 0 radical (unpaired) electrons. The maximum atomic E-state index is 13.3. The minimum Gasteiger partial charge on any atom is -0.462 e. The predicted molar refractivity (Wildman–Crippen MR) is 260 cm³/mol. The van der Waals surface area contributed by atoms with E-state index in [0.29, 0.717) is 13.2 Å². The topological polar surface area (TPSA) is 52.6 Å². The molecule has 0 saturated heterocycles. The first-order valence-corrected chi connectivity index (χ1v) is 27.6. The van der Waals surface area contributed by atoms with Crippen LogP contribution in [0.25, 0.3) is 28.2 Å². The molecule has 58 heavy (non-hydrogen) atoms. The van der Waals surface area contributed by atoms with E-state index in [9.17, 15) is 9.59 Å². The van der Waals surface area contributed by atoms with Gasteiger partial charge in [-0.05, 0) is 50.7 Å². The summed E-state index contributed by atoms with van der Waals surface area (Å²) in [6.07, 6.45) is 42.3. The van der Waals surface area contributed by atoms with Crippen molar-refractivity contribution in [2.45, 2.75) is 233 Å². The molecule has 0 aliphatic rings. The number of hydrogen-bond acceptors (Lipinski definition) is 8. The Hall–Kier alpha value is -1.48.